The molecule has 0 unspecified atom stereocenters. The smallest absolute Gasteiger partial charge is 0.282 e. The van der Waals surface area contributed by atoms with Gasteiger partial charge in [-0.05, 0) is 48.4 Å². The number of carbonyl (C=O) groups excluding carboxylic acids is 1. The number of amides is 1. The van der Waals surface area contributed by atoms with Crippen LogP contribution >= 0.6 is 15.9 Å². The van der Waals surface area contributed by atoms with Crippen molar-refractivity contribution < 1.29 is 19.0 Å². The fourth-order valence-electron chi connectivity index (χ4n) is 3.86. The van der Waals surface area contributed by atoms with E-state index in [2.05, 4.69) is 28.0 Å². The van der Waals surface area contributed by atoms with E-state index >= 15 is 0 Å². The average Bonchev–Trinajstić information content (AvgIpc) is 2.91. The number of hydrogen-bond acceptors (Lipinski definition) is 7. The first-order valence-corrected chi connectivity index (χ1v) is 12.7. The van der Waals surface area contributed by atoms with Crippen LogP contribution in [0.4, 0.5) is 0 Å². The van der Waals surface area contributed by atoms with Crippen LogP contribution in [0.3, 0.4) is 0 Å². The lowest BCUT2D eigenvalue weighted by atomic mass is 10.2. The Kier molecular flexibility index (Phi) is 8.71. The molecule has 1 aromatic heterocycles. The summed E-state index contributed by atoms with van der Waals surface area (Å²) >= 11 is 3.42. The van der Waals surface area contributed by atoms with E-state index in [1.165, 1.54) is 11.8 Å². The van der Waals surface area contributed by atoms with Gasteiger partial charge in [0.15, 0.2) is 18.1 Å². The zero-order chi connectivity index (χ0) is 25.5. The molecule has 0 atom stereocenters. The fourth-order valence-corrected chi connectivity index (χ4v) is 4.22. The molecule has 9 nitrogen and oxygen atoms in total. The van der Waals surface area contributed by atoms with Crippen molar-refractivity contribution in [1.82, 2.24) is 14.6 Å². The highest BCUT2D eigenvalue weighted by molar-refractivity contribution is 9.10. The van der Waals surface area contributed by atoms with Crippen LogP contribution in [0.15, 0.2) is 50.8 Å². The monoisotopic (exact) mass is 556 g/mol. The van der Waals surface area contributed by atoms with Gasteiger partial charge in [0, 0.05) is 24.0 Å². The van der Waals surface area contributed by atoms with Gasteiger partial charge < -0.3 is 19.1 Å². The van der Waals surface area contributed by atoms with E-state index in [1.54, 1.807) is 35.4 Å². The quantitative estimate of drug-likeness (QED) is 0.373. The van der Waals surface area contributed by atoms with Crippen molar-refractivity contribution in [1.29, 1.82) is 0 Å². The zero-order valence-corrected chi connectivity index (χ0v) is 22.0. The molecule has 1 aliphatic rings. The number of rotatable bonds is 9. The van der Waals surface area contributed by atoms with Crippen LogP contribution in [0.1, 0.15) is 31.2 Å². The first kappa shape index (κ1) is 25.8. The number of ether oxygens (including phenoxy) is 3. The van der Waals surface area contributed by atoms with E-state index in [0.29, 0.717) is 66.5 Å². The fraction of sp³-hybridized carbons (Fsp3) is 0.385. The maximum Gasteiger partial charge on any atom is 0.282 e. The standard InChI is InChI=1S/C26H29BrN4O5/c1-3-4-5-24-29-21-8-7-19(27)15-20(21)26(33)31(24)28-16-18-6-9-22(23(14-18)34-2)36-17-25(32)30-10-12-35-13-11-30/h6-9,14-16H,3-5,10-13,17H2,1-2H3. The minimum absolute atomic E-state index is 0.0850. The van der Waals surface area contributed by atoms with E-state index in [0.717, 1.165) is 17.3 Å². The molecule has 0 radical (unpaired) electrons. The molecule has 1 fully saturated rings. The summed E-state index contributed by atoms with van der Waals surface area (Å²) in [5.41, 5.74) is 1.13. The Balaban J connectivity index is 1.56. The second kappa shape index (κ2) is 12.1. The Labute approximate surface area is 217 Å². The van der Waals surface area contributed by atoms with Crippen LogP contribution in [0.5, 0.6) is 11.5 Å². The molecule has 0 bridgehead atoms. The van der Waals surface area contributed by atoms with Gasteiger partial charge in [-0.15, -0.1) is 0 Å². The maximum atomic E-state index is 13.2. The van der Waals surface area contributed by atoms with E-state index < -0.39 is 0 Å². The van der Waals surface area contributed by atoms with E-state index in [4.69, 9.17) is 19.2 Å². The number of fused-ring (bicyclic) bond motifs is 1. The second-order valence-corrected chi connectivity index (χ2v) is 9.26. The normalized spacial score (nSPS) is 13.9. The van der Waals surface area contributed by atoms with Crippen molar-refractivity contribution in [2.24, 2.45) is 5.10 Å². The molecule has 2 heterocycles. The molecule has 4 rings (SSSR count). The summed E-state index contributed by atoms with van der Waals surface area (Å²) in [7, 11) is 1.53. The van der Waals surface area contributed by atoms with Gasteiger partial charge in [0.1, 0.15) is 5.82 Å². The topological polar surface area (TPSA) is 95.3 Å². The molecule has 2 aromatic carbocycles. The van der Waals surface area contributed by atoms with Gasteiger partial charge in [-0.1, -0.05) is 29.3 Å². The molecule has 10 heteroatoms. The van der Waals surface area contributed by atoms with Crippen LogP contribution in [0.2, 0.25) is 0 Å². The van der Waals surface area contributed by atoms with Gasteiger partial charge in [0.2, 0.25) is 0 Å². The van der Waals surface area contributed by atoms with E-state index in [9.17, 15) is 9.59 Å². The second-order valence-electron chi connectivity index (χ2n) is 8.35. The number of methoxy groups -OCH3 is 1. The van der Waals surface area contributed by atoms with Gasteiger partial charge in [-0.2, -0.15) is 9.78 Å². The Morgan fingerprint density at radius 3 is 2.75 bits per heavy atom. The van der Waals surface area contributed by atoms with Gasteiger partial charge >= 0.3 is 0 Å². The molecule has 1 amide bonds. The molecule has 0 N–H and O–H groups in total. The van der Waals surface area contributed by atoms with Crippen molar-refractivity contribution in [3.05, 3.63) is 62.6 Å². The highest BCUT2D eigenvalue weighted by Crippen LogP contribution is 2.27. The lowest BCUT2D eigenvalue weighted by molar-refractivity contribution is -0.137. The Morgan fingerprint density at radius 2 is 2.00 bits per heavy atom. The maximum absolute atomic E-state index is 13.2. The number of halogens is 1. The highest BCUT2D eigenvalue weighted by Gasteiger charge is 2.18. The van der Waals surface area contributed by atoms with Crippen LogP contribution in [0, 0.1) is 0 Å². The SMILES string of the molecule is CCCCc1nc2ccc(Br)cc2c(=O)n1N=Cc1ccc(OCC(=O)N2CCOCC2)c(OC)c1. The van der Waals surface area contributed by atoms with Crippen LogP contribution < -0.4 is 15.0 Å². The number of nitrogens with zero attached hydrogens (tertiary/aromatic N) is 4. The van der Waals surface area contributed by atoms with Crippen LogP contribution in [-0.4, -0.2) is 66.7 Å². The van der Waals surface area contributed by atoms with Gasteiger partial charge in [0.05, 0.1) is 37.4 Å². The summed E-state index contributed by atoms with van der Waals surface area (Å²) in [6, 6.07) is 10.7. The number of unbranched alkanes of at least 4 members (excludes halogenated alkanes) is 1. The van der Waals surface area contributed by atoms with Gasteiger partial charge in [-0.3, -0.25) is 9.59 Å². The van der Waals surface area contributed by atoms with Gasteiger partial charge in [-0.25, -0.2) is 4.98 Å². The average molecular weight is 557 g/mol. The summed E-state index contributed by atoms with van der Waals surface area (Å²) in [5.74, 6) is 1.43. The first-order valence-electron chi connectivity index (χ1n) is 11.9. The van der Waals surface area contributed by atoms with Crippen LogP contribution in [-0.2, 0) is 16.0 Å². The molecule has 190 valence electrons. The van der Waals surface area contributed by atoms with Crippen LogP contribution in [0.25, 0.3) is 10.9 Å². The molecule has 36 heavy (non-hydrogen) atoms. The molecular formula is C26H29BrN4O5. The minimum Gasteiger partial charge on any atom is -0.493 e. The summed E-state index contributed by atoms with van der Waals surface area (Å²) in [6.45, 7) is 4.21. The lowest BCUT2D eigenvalue weighted by Gasteiger charge is -2.26. The minimum atomic E-state index is -0.225. The zero-order valence-electron chi connectivity index (χ0n) is 20.4. The molecule has 1 aliphatic heterocycles. The molecule has 3 aromatic rings. The van der Waals surface area contributed by atoms with E-state index in [-0.39, 0.29) is 18.1 Å². The van der Waals surface area contributed by atoms with Gasteiger partial charge in [0.25, 0.3) is 11.5 Å². The summed E-state index contributed by atoms with van der Waals surface area (Å²) in [6.07, 6.45) is 4.10. The summed E-state index contributed by atoms with van der Waals surface area (Å²) in [4.78, 5) is 32.1. The third kappa shape index (κ3) is 6.11. The van der Waals surface area contributed by atoms with Crippen molar-refractivity contribution >= 4 is 39.0 Å². The molecular weight excluding hydrogens is 528 g/mol. The molecule has 0 saturated carbocycles. The lowest BCUT2D eigenvalue weighted by Crippen LogP contribution is -2.43. The number of morpholine rings is 1. The Bertz CT molecular complexity index is 1320. The number of benzene rings is 2. The number of aryl methyl sites for hydroxylation is 1. The number of hydrogen-bond donors (Lipinski definition) is 0. The third-order valence-corrected chi connectivity index (χ3v) is 6.35. The van der Waals surface area contributed by atoms with Crippen molar-refractivity contribution in [3.8, 4) is 11.5 Å². The summed E-state index contributed by atoms with van der Waals surface area (Å²) in [5, 5.41) is 4.98. The summed E-state index contributed by atoms with van der Waals surface area (Å²) < 4.78 is 18.7. The largest absolute Gasteiger partial charge is 0.493 e. The number of aromatic nitrogens is 2. The van der Waals surface area contributed by atoms with E-state index in [1.807, 2.05) is 12.1 Å². The molecule has 0 spiro atoms. The molecule has 0 aliphatic carbocycles. The Morgan fingerprint density at radius 1 is 1.19 bits per heavy atom. The van der Waals surface area contributed by atoms with Crippen molar-refractivity contribution in [2.45, 2.75) is 26.2 Å². The molecule has 1 saturated heterocycles. The Hall–Kier alpha value is -3.24. The number of carbonyl (C=O) groups is 1. The highest BCUT2D eigenvalue weighted by atomic mass is 79.9. The third-order valence-electron chi connectivity index (χ3n) is 5.85. The first-order chi connectivity index (χ1) is 17.5. The van der Waals surface area contributed by atoms with Crippen molar-refractivity contribution in [3.63, 3.8) is 0 Å². The predicted molar refractivity (Wildman–Crippen MR) is 141 cm³/mol. The van der Waals surface area contributed by atoms with Crippen molar-refractivity contribution in [2.75, 3.05) is 40.0 Å². The predicted octanol–water partition coefficient (Wildman–Crippen LogP) is 3.63.